The highest BCUT2D eigenvalue weighted by Crippen LogP contribution is 2.34. The molecule has 9 heteroatoms. The molecule has 0 atom stereocenters. The van der Waals surface area contributed by atoms with Crippen molar-refractivity contribution in [3.63, 3.8) is 0 Å². The van der Waals surface area contributed by atoms with Crippen LogP contribution in [0.5, 0.6) is 11.5 Å². The summed E-state index contributed by atoms with van der Waals surface area (Å²) in [5, 5.41) is 10.6. The number of thioether (sulfide) groups is 1. The van der Waals surface area contributed by atoms with E-state index in [1.165, 1.54) is 24.1 Å². The first kappa shape index (κ1) is 20.4. The molecule has 0 radical (unpaired) electrons. The van der Waals surface area contributed by atoms with Crippen molar-refractivity contribution in [3.05, 3.63) is 68.6 Å². The van der Waals surface area contributed by atoms with Crippen molar-refractivity contribution in [1.82, 2.24) is 4.90 Å². The number of carbonyl (C=O) groups excluding carboxylic acids is 2. The lowest BCUT2D eigenvalue weighted by Crippen LogP contribution is -2.27. The number of amides is 2. The Morgan fingerprint density at radius 1 is 1.17 bits per heavy atom. The maximum absolute atomic E-state index is 12.2. The van der Waals surface area contributed by atoms with Gasteiger partial charge >= 0.3 is 0 Å². The van der Waals surface area contributed by atoms with Crippen LogP contribution in [0.15, 0.2) is 47.4 Å². The van der Waals surface area contributed by atoms with Crippen molar-refractivity contribution in [3.8, 4) is 11.5 Å². The molecule has 2 amide bonds. The van der Waals surface area contributed by atoms with Crippen LogP contribution in [-0.4, -0.2) is 34.6 Å². The Labute approximate surface area is 171 Å². The smallest absolute Gasteiger partial charge is 0.293 e. The summed E-state index contributed by atoms with van der Waals surface area (Å²) >= 11 is 0.901. The van der Waals surface area contributed by atoms with Crippen molar-refractivity contribution >= 4 is 34.7 Å². The van der Waals surface area contributed by atoms with E-state index in [4.69, 9.17) is 9.47 Å². The van der Waals surface area contributed by atoms with E-state index in [0.29, 0.717) is 34.1 Å². The quantitative estimate of drug-likeness (QED) is 0.380. The van der Waals surface area contributed by atoms with E-state index in [0.717, 1.165) is 11.8 Å². The molecule has 0 N–H and O–H groups in total. The van der Waals surface area contributed by atoms with Gasteiger partial charge in [-0.1, -0.05) is 18.2 Å². The standard InChI is InChI=1S/C20H18N2O6S/c1-3-21-19(23)18(29-20(21)24)11-13-7-8-16(17(10-13)27-2)28-12-14-5-4-6-15(9-14)22(25)26/h4-11H,3,12H2,1-2H3/b18-11+. The Bertz CT molecular complexity index is 1000. The van der Waals surface area contributed by atoms with E-state index in [1.807, 2.05) is 0 Å². The molecule has 0 spiro atoms. The lowest BCUT2D eigenvalue weighted by atomic mass is 10.1. The SMILES string of the molecule is CCN1C(=O)S/C(=C/c2ccc(OCc3cccc([N+](=O)[O-])c3)c(OC)c2)C1=O. The minimum atomic E-state index is -0.459. The number of hydrogen-bond donors (Lipinski definition) is 0. The second-order valence-electron chi connectivity index (χ2n) is 6.05. The van der Waals surface area contributed by atoms with Gasteiger partial charge in [-0.2, -0.15) is 0 Å². The van der Waals surface area contributed by atoms with E-state index in [1.54, 1.807) is 43.3 Å². The fraction of sp³-hybridized carbons (Fsp3) is 0.200. The van der Waals surface area contributed by atoms with Crippen LogP contribution in [0, 0.1) is 10.1 Å². The van der Waals surface area contributed by atoms with Gasteiger partial charge in [0.15, 0.2) is 11.5 Å². The van der Waals surface area contributed by atoms with Gasteiger partial charge in [-0.3, -0.25) is 24.6 Å². The third-order valence-corrected chi connectivity index (χ3v) is 5.10. The predicted molar refractivity (Wildman–Crippen MR) is 109 cm³/mol. The Morgan fingerprint density at radius 3 is 2.62 bits per heavy atom. The molecule has 0 unspecified atom stereocenters. The highest BCUT2D eigenvalue weighted by Gasteiger charge is 2.33. The third-order valence-electron chi connectivity index (χ3n) is 4.19. The summed E-state index contributed by atoms with van der Waals surface area (Å²) in [7, 11) is 1.49. The third kappa shape index (κ3) is 4.57. The first-order chi connectivity index (χ1) is 13.9. The summed E-state index contributed by atoms with van der Waals surface area (Å²) in [6, 6.07) is 11.3. The van der Waals surface area contributed by atoms with E-state index in [9.17, 15) is 19.7 Å². The number of rotatable bonds is 7. The van der Waals surface area contributed by atoms with Crippen LogP contribution >= 0.6 is 11.8 Å². The van der Waals surface area contributed by atoms with E-state index in [2.05, 4.69) is 0 Å². The molecule has 0 aromatic heterocycles. The lowest BCUT2D eigenvalue weighted by molar-refractivity contribution is -0.384. The Hall–Kier alpha value is -3.33. The molecule has 1 fully saturated rings. The first-order valence-corrected chi connectivity index (χ1v) is 9.54. The molecule has 3 rings (SSSR count). The number of nitro benzene ring substituents is 1. The number of ether oxygens (including phenoxy) is 2. The molecular formula is C20H18N2O6S. The molecule has 1 aliphatic heterocycles. The zero-order chi connectivity index (χ0) is 21.0. The number of carbonyl (C=O) groups is 2. The molecule has 29 heavy (non-hydrogen) atoms. The molecular weight excluding hydrogens is 396 g/mol. The number of nitrogens with zero attached hydrogens (tertiary/aromatic N) is 2. The van der Waals surface area contributed by atoms with Gasteiger partial charge in [0, 0.05) is 18.7 Å². The van der Waals surface area contributed by atoms with Crippen molar-refractivity contribution in [1.29, 1.82) is 0 Å². The lowest BCUT2D eigenvalue weighted by Gasteiger charge is -2.11. The van der Waals surface area contributed by atoms with Crippen molar-refractivity contribution in [2.24, 2.45) is 0 Å². The normalized spacial score (nSPS) is 15.1. The average Bonchev–Trinajstić information content (AvgIpc) is 2.99. The van der Waals surface area contributed by atoms with Gasteiger partial charge < -0.3 is 9.47 Å². The van der Waals surface area contributed by atoms with Crippen LogP contribution in [0.2, 0.25) is 0 Å². The Kier molecular flexibility index (Phi) is 6.18. The molecule has 0 bridgehead atoms. The van der Waals surface area contributed by atoms with Crippen LogP contribution < -0.4 is 9.47 Å². The zero-order valence-corrected chi connectivity index (χ0v) is 16.6. The highest BCUT2D eigenvalue weighted by molar-refractivity contribution is 8.18. The zero-order valence-electron chi connectivity index (χ0n) is 15.8. The summed E-state index contributed by atoms with van der Waals surface area (Å²) in [5.74, 6) is 0.587. The van der Waals surface area contributed by atoms with Crippen LogP contribution in [0.25, 0.3) is 6.08 Å². The summed E-state index contributed by atoms with van der Waals surface area (Å²) in [6.07, 6.45) is 1.63. The number of imide groups is 1. The van der Waals surface area contributed by atoms with Crippen molar-refractivity contribution < 1.29 is 24.0 Å². The first-order valence-electron chi connectivity index (χ1n) is 8.72. The van der Waals surface area contributed by atoms with E-state index >= 15 is 0 Å². The minimum absolute atomic E-state index is 0.00515. The van der Waals surface area contributed by atoms with Crippen LogP contribution in [-0.2, 0) is 11.4 Å². The highest BCUT2D eigenvalue weighted by atomic mass is 32.2. The van der Waals surface area contributed by atoms with Gasteiger partial charge in [0.2, 0.25) is 0 Å². The number of likely N-dealkylation sites (N-methyl/N-ethyl adjacent to an activating group) is 1. The van der Waals surface area contributed by atoms with Crippen molar-refractivity contribution in [2.45, 2.75) is 13.5 Å². The minimum Gasteiger partial charge on any atom is -0.493 e. The molecule has 2 aromatic carbocycles. The molecule has 8 nitrogen and oxygen atoms in total. The topological polar surface area (TPSA) is 99.0 Å². The second-order valence-corrected chi connectivity index (χ2v) is 7.05. The number of benzene rings is 2. The molecule has 1 heterocycles. The molecule has 1 aliphatic rings. The number of methoxy groups -OCH3 is 1. The van der Waals surface area contributed by atoms with Gasteiger partial charge in [0.1, 0.15) is 6.61 Å². The number of non-ortho nitro benzene ring substituents is 1. The maximum atomic E-state index is 12.2. The van der Waals surface area contributed by atoms with E-state index < -0.39 is 4.92 Å². The van der Waals surface area contributed by atoms with Crippen LogP contribution in [0.1, 0.15) is 18.1 Å². The molecule has 1 saturated heterocycles. The molecule has 2 aromatic rings. The predicted octanol–water partition coefficient (Wildman–Crippen LogP) is 4.24. The monoisotopic (exact) mass is 414 g/mol. The fourth-order valence-corrected chi connectivity index (χ4v) is 3.64. The van der Waals surface area contributed by atoms with Gasteiger partial charge in [-0.15, -0.1) is 0 Å². The summed E-state index contributed by atoms with van der Waals surface area (Å²) in [6.45, 7) is 2.21. The largest absolute Gasteiger partial charge is 0.493 e. The van der Waals surface area contributed by atoms with Crippen molar-refractivity contribution in [2.75, 3.05) is 13.7 Å². The molecule has 0 saturated carbocycles. The summed E-state index contributed by atoms with van der Waals surface area (Å²) in [5.41, 5.74) is 1.33. The maximum Gasteiger partial charge on any atom is 0.293 e. The Morgan fingerprint density at radius 2 is 1.97 bits per heavy atom. The average molecular weight is 414 g/mol. The van der Waals surface area contributed by atoms with Gasteiger partial charge in [-0.25, -0.2) is 0 Å². The Balaban J connectivity index is 1.77. The van der Waals surface area contributed by atoms with Gasteiger partial charge in [0.25, 0.3) is 16.8 Å². The van der Waals surface area contributed by atoms with Gasteiger partial charge in [0.05, 0.1) is 16.9 Å². The van der Waals surface area contributed by atoms with Gasteiger partial charge in [-0.05, 0) is 48.0 Å². The number of hydrogen-bond acceptors (Lipinski definition) is 7. The fourth-order valence-electron chi connectivity index (χ4n) is 2.74. The second kappa shape index (κ2) is 8.78. The number of nitro groups is 1. The van der Waals surface area contributed by atoms with E-state index in [-0.39, 0.29) is 23.4 Å². The van der Waals surface area contributed by atoms with Crippen LogP contribution in [0.4, 0.5) is 10.5 Å². The summed E-state index contributed by atoms with van der Waals surface area (Å²) in [4.78, 5) is 36.0. The summed E-state index contributed by atoms with van der Waals surface area (Å²) < 4.78 is 11.1. The molecule has 150 valence electrons. The molecule has 0 aliphatic carbocycles. The van der Waals surface area contributed by atoms with Crippen LogP contribution in [0.3, 0.4) is 0 Å².